The second-order valence-corrected chi connectivity index (χ2v) is 12.4. The molecule has 0 saturated heterocycles. The maximum atomic E-state index is 6.49. The van der Waals surface area contributed by atoms with E-state index >= 15 is 0 Å². The largest absolute Gasteiger partial charge is 0.410 e. The second-order valence-electron chi connectivity index (χ2n) is 7.69. The number of hydrogen-bond donors (Lipinski definition) is 1. The lowest BCUT2D eigenvalue weighted by Crippen LogP contribution is -2.43. The van der Waals surface area contributed by atoms with Gasteiger partial charge in [-0.1, -0.05) is 32.9 Å². The number of aromatic nitrogens is 4. The smallest absolute Gasteiger partial charge is 0.192 e. The summed E-state index contributed by atoms with van der Waals surface area (Å²) in [5.74, 6) is 0.421. The standard InChI is InChI=1S/C16H25N5OSi/c1-16(2,3)23(4,5)22-12-7-6-11(8-12)21-10-20-13-14(17)18-9-19-15(13)21/h6-7,9-12H,8H2,1-5H3,(H2,17,18,19)/t11-,12+/m1/s1. The second kappa shape index (κ2) is 5.42. The van der Waals surface area contributed by atoms with Gasteiger partial charge in [0.25, 0.3) is 0 Å². The molecule has 2 aromatic heterocycles. The van der Waals surface area contributed by atoms with Crippen molar-refractivity contribution >= 4 is 25.3 Å². The van der Waals surface area contributed by atoms with Gasteiger partial charge in [0.2, 0.25) is 0 Å². The summed E-state index contributed by atoms with van der Waals surface area (Å²) in [7, 11) is -1.77. The van der Waals surface area contributed by atoms with E-state index in [0.717, 1.165) is 12.1 Å². The summed E-state index contributed by atoms with van der Waals surface area (Å²) >= 11 is 0. The molecule has 0 aromatic carbocycles. The van der Waals surface area contributed by atoms with E-state index in [2.05, 4.69) is 65.5 Å². The van der Waals surface area contributed by atoms with Crippen LogP contribution in [0.1, 0.15) is 33.2 Å². The molecule has 23 heavy (non-hydrogen) atoms. The molecule has 3 rings (SSSR count). The lowest BCUT2D eigenvalue weighted by atomic mass is 10.2. The van der Waals surface area contributed by atoms with Crippen molar-refractivity contribution < 1.29 is 4.43 Å². The van der Waals surface area contributed by atoms with Crippen LogP contribution in [-0.4, -0.2) is 33.9 Å². The van der Waals surface area contributed by atoms with Gasteiger partial charge in [0, 0.05) is 6.42 Å². The van der Waals surface area contributed by atoms with Crippen LogP contribution in [0.15, 0.2) is 24.8 Å². The van der Waals surface area contributed by atoms with Gasteiger partial charge in [0.15, 0.2) is 19.8 Å². The lowest BCUT2D eigenvalue weighted by molar-refractivity contribution is 0.213. The van der Waals surface area contributed by atoms with Crippen molar-refractivity contribution in [2.75, 3.05) is 5.73 Å². The Balaban J connectivity index is 1.78. The molecule has 2 heterocycles. The molecule has 0 bridgehead atoms. The van der Waals surface area contributed by atoms with Gasteiger partial charge in [-0.3, -0.25) is 0 Å². The van der Waals surface area contributed by atoms with Gasteiger partial charge in [-0.05, 0) is 18.1 Å². The fourth-order valence-corrected chi connectivity index (χ4v) is 3.89. The number of nitrogens with two attached hydrogens (primary N) is 1. The Morgan fingerprint density at radius 3 is 2.65 bits per heavy atom. The average molecular weight is 331 g/mol. The highest BCUT2D eigenvalue weighted by Gasteiger charge is 2.40. The molecule has 124 valence electrons. The summed E-state index contributed by atoms with van der Waals surface area (Å²) in [5.41, 5.74) is 7.30. The van der Waals surface area contributed by atoms with E-state index in [-0.39, 0.29) is 17.2 Å². The number of fused-ring (bicyclic) bond motifs is 1. The van der Waals surface area contributed by atoms with Crippen molar-refractivity contribution in [3.8, 4) is 0 Å². The quantitative estimate of drug-likeness (QED) is 0.689. The third-order valence-electron chi connectivity index (χ3n) is 5.02. The van der Waals surface area contributed by atoms with Crippen molar-refractivity contribution in [1.82, 2.24) is 19.5 Å². The van der Waals surface area contributed by atoms with Gasteiger partial charge in [0.1, 0.15) is 11.8 Å². The van der Waals surface area contributed by atoms with Crippen LogP contribution >= 0.6 is 0 Å². The van der Waals surface area contributed by atoms with E-state index < -0.39 is 8.32 Å². The van der Waals surface area contributed by atoms with E-state index in [1.165, 1.54) is 6.33 Å². The van der Waals surface area contributed by atoms with Crippen LogP contribution in [0.4, 0.5) is 5.82 Å². The molecule has 2 aromatic rings. The zero-order chi connectivity index (χ0) is 16.8. The number of imidazole rings is 1. The highest BCUT2D eigenvalue weighted by Crippen LogP contribution is 2.39. The Hall–Kier alpha value is -1.73. The highest BCUT2D eigenvalue weighted by atomic mass is 28.4. The summed E-state index contributed by atoms with van der Waals surface area (Å²) in [6, 6.07) is 0.198. The van der Waals surface area contributed by atoms with Gasteiger partial charge in [-0.15, -0.1) is 0 Å². The van der Waals surface area contributed by atoms with Gasteiger partial charge in [0.05, 0.1) is 18.5 Å². The Kier molecular flexibility index (Phi) is 3.80. The average Bonchev–Trinajstić information content (AvgIpc) is 3.04. The molecular weight excluding hydrogens is 306 g/mol. The molecule has 2 N–H and O–H groups in total. The molecule has 0 radical (unpaired) electrons. The monoisotopic (exact) mass is 331 g/mol. The maximum absolute atomic E-state index is 6.49. The molecule has 0 fully saturated rings. The minimum atomic E-state index is -1.77. The number of rotatable bonds is 3. The summed E-state index contributed by atoms with van der Waals surface area (Å²) in [4.78, 5) is 12.7. The van der Waals surface area contributed by atoms with Crippen LogP contribution in [0.25, 0.3) is 11.2 Å². The Morgan fingerprint density at radius 2 is 1.96 bits per heavy atom. The number of nitrogen functional groups attached to an aromatic ring is 1. The van der Waals surface area contributed by atoms with Crippen LogP contribution < -0.4 is 5.73 Å². The zero-order valence-corrected chi connectivity index (χ0v) is 15.4. The Bertz CT molecular complexity index is 746. The lowest BCUT2D eigenvalue weighted by Gasteiger charge is -2.38. The molecule has 7 heteroatoms. The van der Waals surface area contributed by atoms with E-state index in [9.17, 15) is 0 Å². The Morgan fingerprint density at radius 1 is 1.22 bits per heavy atom. The minimum Gasteiger partial charge on any atom is -0.410 e. The Labute approximate surface area is 137 Å². The van der Waals surface area contributed by atoms with Crippen molar-refractivity contribution in [2.24, 2.45) is 0 Å². The van der Waals surface area contributed by atoms with Crippen LogP contribution in [0.3, 0.4) is 0 Å². The van der Waals surface area contributed by atoms with Gasteiger partial charge >= 0.3 is 0 Å². The van der Waals surface area contributed by atoms with Crippen LogP contribution in [-0.2, 0) is 4.43 Å². The van der Waals surface area contributed by atoms with Crippen LogP contribution in [0.2, 0.25) is 18.1 Å². The van der Waals surface area contributed by atoms with Crippen molar-refractivity contribution in [1.29, 1.82) is 0 Å². The van der Waals surface area contributed by atoms with E-state index in [1.807, 2.05) is 0 Å². The molecule has 1 aliphatic carbocycles. The normalized spacial score (nSPS) is 22.1. The molecule has 1 aliphatic rings. The van der Waals surface area contributed by atoms with Crippen molar-refractivity contribution in [2.45, 2.75) is 57.5 Å². The third kappa shape index (κ3) is 2.90. The third-order valence-corrected chi connectivity index (χ3v) is 9.52. The summed E-state index contributed by atoms with van der Waals surface area (Å²) in [5, 5.41) is 0.211. The first-order chi connectivity index (χ1) is 10.7. The number of nitrogens with zero attached hydrogens (tertiary/aromatic N) is 4. The molecular formula is C16H25N5OSi. The SMILES string of the molecule is CC(C)(C)[Si](C)(C)O[C@H]1C=C[C@@H](n2cnc3c(N)ncnc32)C1. The number of anilines is 1. The first kappa shape index (κ1) is 16.1. The van der Waals surface area contributed by atoms with E-state index in [4.69, 9.17) is 10.2 Å². The summed E-state index contributed by atoms with van der Waals surface area (Å²) in [6.07, 6.45) is 8.68. The summed E-state index contributed by atoms with van der Waals surface area (Å²) < 4.78 is 8.54. The van der Waals surface area contributed by atoms with Gasteiger partial charge in [-0.2, -0.15) is 0 Å². The fraction of sp³-hybridized carbons (Fsp3) is 0.562. The minimum absolute atomic E-state index is 0.150. The number of allylic oxidation sites excluding steroid dienone is 1. The molecule has 0 saturated carbocycles. The van der Waals surface area contributed by atoms with Crippen molar-refractivity contribution in [3.63, 3.8) is 0 Å². The van der Waals surface area contributed by atoms with E-state index in [1.54, 1.807) is 6.33 Å². The highest BCUT2D eigenvalue weighted by molar-refractivity contribution is 6.74. The maximum Gasteiger partial charge on any atom is 0.192 e. The molecule has 2 atom stereocenters. The van der Waals surface area contributed by atoms with Crippen molar-refractivity contribution in [3.05, 3.63) is 24.8 Å². The predicted molar refractivity (Wildman–Crippen MR) is 94.6 cm³/mol. The topological polar surface area (TPSA) is 78.9 Å². The van der Waals surface area contributed by atoms with Crippen LogP contribution in [0, 0.1) is 0 Å². The fourth-order valence-electron chi connectivity index (χ4n) is 2.61. The number of hydrogen-bond acceptors (Lipinski definition) is 5. The predicted octanol–water partition coefficient (Wildman–Crippen LogP) is 3.30. The molecule has 0 aliphatic heterocycles. The first-order valence-electron chi connectivity index (χ1n) is 7.98. The van der Waals surface area contributed by atoms with Gasteiger partial charge < -0.3 is 14.7 Å². The first-order valence-corrected chi connectivity index (χ1v) is 10.9. The van der Waals surface area contributed by atoms with Crippen LogP contribution in [0.5, 0.6) is 0 Å². The molecule has 6 nitrogen and oxygen atoms in total. The zero-order valence-electron chi connectivity index (χ0n) is 14.4. The van der Waals surface area contributed by atoms with E-state index in [0.29, 0.717) is 11.3 Å². The molecule has 0 spiro atoms. The molecule has 0 amide bonds. The molecule has 0 unspecified atom stereocenters. The summed E-state index contributed by atoms with van der Waals surface area (Å²) in [6.45, 7) is 11.4. The van der Waals surface area contributed by atoms with Gasteiger partial charge in [-0.25, -0.2) is 15.0 Å².